The van der Waals surface area contributed by atoms with Crippen molar-refractivity contribution in [1.82, 2.24) is 20.4 Å². The lowest BCUT2D eigenvalue weighted by Gasteiger charge is -2.28. The number of piperazine rings is 1. The smallest absolute Gasteiger partial charge is 0.234 e. The zero-order valence-electron chi connectivity index (χ0n) is 10.4. The Morgan fingerprint density at radius 2 is 2.24 bits per heavy atom. The number of carbonyl (C=O) groups excluding carboxylic acids is 1. The van der Waals surface area contributed by atoms with E-state index in [4.69, 9.17) is 5.26 Å². The van der Waals surface area contributed by atoms with Crippen LogP contribution in [0.3, 0.4) is 0 Å². The van der Waals surface area contributed by atoms with E-state index in [-0.39, 0.29) is 12.5 Å². The molecule has 0 aromatic rings. The van der Waals surface area contributed by atoms with Crippen LogP contribution in [0.2, 0.25) is 0 Å². The largest absolute Gasteiger partial charge is 0.342 e. The SMILES string of the molecule is CN(CCN1CCNCC1)CC(=O)NCC#N. The van der Waals surface area contributed by atoms with Crippen LogP contribution in [-0.2, 0) is 4.79 Å². The van der Waals surface area contributed by atoms with E-state index in [9.17, 15) is 4.79 Å². The molecule has 0 radical (unpaired) electrons. The first-order valence-corrected chi connectivity index (χ1v) is 5.97. The van der Waals surface area contributed by atoms with Crippen molar-refractivity contribution in [2.45, 2.75) is 0 Å². The van der Waals surface area contributed by atoms with Crippen LogP contribution in [-0.4, -0.2) is 75.1 Å². The fraction of sp³-hybridized carbons (Fsp3) is 0.818. The molecule has 1 amide bonds. The Bertz CT molecular complexity index is 270. The Labute approximate surface area is 103 Å². The summed E-state index contributed by atoms with van der Waals surface area (Å²) in [5, 5.41) is 14.2. The second-order valence-corrected chi connectivity index (χ2v) is 4.26. The van der Waals surface area contributed by atoms with Gasteiger partial charge in [-0.05, 0) is 7.05 Å². The molecule has 1 heterocycles. The molecule has 1 aliphatic heterocycles. The van der Waals surface area contributed by atoms with Gasteiger partial charge in [0, 0.05) is 39.3 Å². The molecule has 96 valence electrons. The van der Waals surface area contributed by atoms with Crippen molar-refractivity contribution in [2.24, 2.45) is 0 Å². The first kappa shape index (κ1) is 13.9. The number of amides is 1. The van der Waals surface area contributed by atoms with E-state index in [1.807, 2.05) is 18.0 Å². The lowest BCUT2D eigenvalue weighted by molar-refractivity contribution is -0.121. The Morgan fingerprint density at radius 1 is 1.53 bits per heavy atom. The normalized spacial score (nSPS) is 16.8. The van der Waals surface area contributed by atoms with E-state index in [1.54, 1.807) is 0 Å². The molecule has 0 spiro atoms. The number of carbonyl (C=O) groups is 1. The van der Waals surface area contributed by atoms with Gasteiger partial charge in [-0.15, -0.1) is 0 Å². The summed E-state index contributed by atoms with van der Waals surface area (Å²) >= 11 is 0. The summed E-state index contributed by atoms with van der Waals surface area (Å²) in [7, 11) is 1.92. The molecule has 1 aliphatic rings. The maximum atomic E-state index is 11.3. The summed E-state index contributed by atoms with van der Waals surface area (Å²) in [6.07, 6.45) is 0. The van der Waals surface area contributed by atoms with Gasteiger partial charge in [-0.2, -0.15) is 5.26 Å². The molecule has 17 heavy (non-hydrogen) atoms. The van der Waals surface area contributed by atoms with Crippen molar-refractivity contribution >= 4 is 5.91 Å². The van der Waals surface area contributed by atoms with Crippen LogP contribution < -0.4 is 10.6 Å². The van der Waals surface area contributed by atoms with Crippen molar-refractivity contribution < 1.29 is 4.79 Å². The summed E-state index contributed by atoms with van der Waals surface area (Å²) < 4.78 is 0. The number of hydrogen-bond donors (Lipinski definition) is 2. The second-order valence-electron chi connectivity index (χ2n) is 4.26. The molecule has 0 saturated carbocycles. The lowest BCUT2D eigenvalue weighted by atomic mass is 10.3. The number of nitrogens with zero attached hydrogens (tertiary/aromatic N) is 3. The standard InChI is InChI=1S/C11H21N5O/c1-15(10-11(17)14-3-2-12)8-9-16-6-4-13-5-7-16/h13H,3-10H2,1H3,(H,14,17). The highest BCUT2D eigenvalue weighted by Gasteiger charge is 2.11. The molecule has 1 rings (SSSR count). The van der Waals surface area contributed by atoms with Crippen molar-refractivity contribution in [2.75, 3.05) is 59.4 Å². The van der Waals surface area contributed by atoms with E-state index in [1.165, 1.54) is 0 Å². The summed E-state index contributed by atoms with van der Waals surface area (Å²) in [4.78, 5) is 15.7. The molecule has 0 aromatic carbocycles. The summed E-state index contributed by atoms with van der Waals surface area (Å²) in [5.74, 6) is -0.0886. The zero-order valence-corrected chi connectivity index (χ0v) is 10.4. The minimum Gasteiger partial charge on any atom is -0.342 e. The van der Waals surface area contributed by atoms with Crippen LogP contribution in [0.4, 0.5) is 0 Å². The van der Waals surface area contributed by atoms with Gasteiger partial charge in [0.2, 0.25) is 5.91 Å². The fourth-order valence-electron chi connectivity index (χ4n) is 1.77. The quantitative estimate of drug-likeness (QED) is 0.550. The average Bonchev–Trinajstić information content (AvgIpc) is 2.35. The number of hydrogen-bond acceptors (Lipinski definition) is 5. The van der Waals surface area contributed by atoms with Gasteiger partial charge in [-0.25, -0.2) is 0 Å². The Balaban J connectivity index is 2.09. The summed E-state index contributed by atoms with van der Waals surface area (Å²) in [5.41, 5.74) is 0. The van der Waals surface area contributed by atoms with Crippen LogP contribution in [0.25, 0.3) is 0 Å². The number of nitriles is 1. The molecule has 0 bridgehead atoms. The highest BCUT2D eigenvalue weighted by molar-refractivity contribution is 5.78. The van der Waals surface area contributed by atoms with Gasteiger partial charge in [-0.1, -0.05) is 0 Å². The van der Waals surface area contributed by atoms with Gasteiger partial charge in [0.05, 0.1) is 12.6 Å². The first-order chi connectivity index (χ1) is 8.22. The van der Waals surface area contributed by atoms with Gasteiger partial charge < -0.3 is 10.6 Å². The molecular weight excluding hydrogens is 218 g/mol. The van der Waals surface area contributed by atoms with Crippen molar-refractivity contribution in [3.8, 4) is 6.07 Å². The van der Waals surface area contributed by atoms with Crippen LogP contribution in [0.1, 0.15) is 0 Å². The molecule has 0 atom stereocenters. The molecule has 0 aromatic heterocycles. The Hall–Kier alpha value is -1.16. The predicted molar refractivity (Wildman–Crippen MR) is 65.4 cm³/mol. The molecule has 1 fully saturated rings. The molecular formula is C11H21N5O. The zero-order chi connectivity index (χ0) is 12.5. The molecule has 6 nitrogen and oxygen atoms in total. The molecule has 1 saturated heterocycles. The third kappa shape index (κ3) is 6.22. The maximum Gasteiger partial charge on any atom is 0.234 e. The Morgan fingerprint density at radius 3 is 2.88 bits per heavy atom. The third-order valence-electron chi connectivity index (χ3n) is 2.79. The van der Waals surface area contributed by atoms with Gasteiger partial charge >= 0.3 is 0 Å². The lowest BCUT2D eigenvalue weighted by Crippen LogP contribution is -2.46. The molecule has 0 aliphatic carbocycles. The van der Waals surface area contributed by atoms with Gasteiger partial charge in [0.25, 0.3) is 0 Å². The highest BCUT2D eigenvalue weighted by atomic mass is 16.2. The maximum absolute atomic E-state index is 11.3. The topological polar surface area (TPSA) is 71.4 Å². The third-order valence-corrected chi connectivity index (χ3v) is 2.79. The van der Waals surface area contributed by atoms with E-state index in [0.717, 1.165) is 39.3 Å². The van der Waals surface area contributed by atoms with E-state index < -0.39 is 0 Å². The van der Waals surface area contributed by atoms with Gasteiger partial charge in [0.15, 0.2) is 0 Å². The number of nitrogens with one attached hydrogen (secondary N) is 2. The second kappa shape index (κ2) is 8.01. The average molecular weight is 239 g/mol. The Kier molecular flexibility index (Phi) is 6.55. The van der Waals surface area contributed by atoms with E-state index >= 15 is 0 Å². The molecule has 2 N–H and O–H groups in total. The minimum absolute atomic E-state index is 0.0878. The summed E-state index contributed by atoms with van der Waals surface area (Å²) in [6, 6.07) is 1.89. The fourth-order valence-corrected chi connectivity index (χ4v) is 1.77. The van der Waals surface area contributed by atoms with Gasteiger partial charge in [0.1, 0.15) is 6.54 Å². The monoisotopic (exact) mass is 239 g/mol. The first-order valence-electron chi connectivity index (χ1n) is 5.97. The summed E-state index contributed by atoms with van der Waals surface area (Å²) in [6.45, 7) is 6.56. The van der Waals surface area contributed by atoms with Crippen LogP contribution in [0.15, 0.2) is 0 Å². The molecule has 6 heteroatoms. The van der Waals surface area contributed by atoms with Gasteiger partial charge in [-0.3, -0.25) is 14.6 Å². The molecule has 0 unspecified atom stereocenters. The van der Waals surface area contributed by atoms with Crippen molar-refractivity contribution in [1.29, 1.82) is 5.26 Å². The van der Waals surface area contributed by atoms with Crippen molar-refractivity contribution in [3.63, 3.8) is 0 Å². The van der Waals surface area contributed by atoms with E-state index in [0.29, 0.717) is 6.54 Å². The predicted octanol–water partition coefficient (Wildman–Crippen LogP) is -1.54. The van der Waals surface area contributed by atoms with Crippen LogP contribution >= 0.6 is 0 Å². The number of likely N-dealkylation sites (N-methyl/N-ethyl adjacent to an activating group) is 1. The van der Waals surface area contributed by atoms with Crippen LogP contribution in [0, 0.1) is 11.3 Å². The minimum atomic E-state index is -0.0886. The van der Waals surface area contributed by atoms with E-state index in [2.05, 4.69) is 15.5 Å². The number of rotatable bonds is 6. The van der Waals surface area contributed by atoms with Crippen molar-refractivity contribution in [3.05, 3.63) is 0 Å². The van der Waals surface area contributed by atoms with Crippen LogP contribution in [0.5, 0.6) is 0 Å². The highest BCUT2D eigenvalue weighted by Crippen LogP contribution is 1.92.